The van der Waals surface area contributed by atoms with Crippen LogP contribution in [0.4, 0.5) is 11.4 Å². The molecular weight excluding hydrogens is 248 g/mol. The fraction of sp³-hybridized carbons (Fsp3) is 0.0769. The summed E-state index contributed by atoms with van der Waals surface area (Å²) in [5.74, 6) is 0. The van der Waals surface area contributed by atoms with Crippen molar-refractivity contribution in [3.8, 4) is 0 Å². The molecule has 18 heavy (non-hydrogen) atoms. The maximum atomic E-state index is 12.3. The second kappa shape index (κ2) is 4.70. The Kier molecular flexibility index (Phi) is 3.25. The summed E-state index contributed by atoms with van der Waals surface area (Å²) < 4.78 is 27.0. The number of anilines is 2. The minimum atomic E-state index is -3.65. The quantitative estimate of drug-likeness (QED) is 0.834. The van der Waals surface area contributed by atoms with Crippen LogP contribution in [0.3, 0.4) is 0 Å². The molecular formula is C13H14N2O2S. The van der Waals surface area contributed by atoms with Crippen LogP contribution in [-0.4, -0.2) is 8.42 Å². The van der Waals surface area contributed by atoms with Crippen LogP contribution < -0.4 is 10.5 Å². The highest BCUT2D eigenvalue weighted by molar-refractivity contribution is 7.93. The standard InChI is InChI=1S/C13H14N2O2S/c1-10-6-5-9-12(14)13(10)18(16,17)15-11-7-3-2-4-8-11/h2-9,15H,14H2,1H3. The summed E-state index contributed by atoms with van der Waals surface area (Å²) in [6, 6.07) is 13.7. The van der Waals surface area contributed by atoms with Crippen LogP contribution in [0.2, 0.25) is 0 Å². The largest absolute Gasteiger partial charge is 0.398 e. The van der Waals surface area contributed by atoms with Crippen molar-refractivity contribution in [2.45, 2.75) is 11.8 Å². The summed E-state index contributed by atoms with van der Waals surface area (Å²) in [6.07, 6.45) is 0. The predicted molar refractivity (Wildman–Crippen MR) is 72.8 cm³/mol. The number of nitrogens with two attached hydrogens (primary N) is 1. The molecule has 0 amide bonds. The Morgan fingerprint density at radius 2 is 1.67 bits per heavy atom. The molecule has 94 valence electrons. The van der Waals surface area contributed by atoms with Crippen molar-refractivity contribution in [3.05, 3.63) is 54.1 Å². The highest BCUT2D eigenvalue weighted by atomic mass is 32.2. The average molecular weight is 262 g/mol. The Bertz CT molecular complexity index is 632. The zero-order chi connectivity index (χ0) is 13.2. The minimum Gasteiger partial charge on any atom is -0.398 e. The third-order valence-corrected chi connectivity index (χ3v) is 4.14. The fourth-order valence-corrected chi connectivity index (χ4v) is 3.17. The molecule has 0 aromatic heterocycles. The number of sulfonamides is 1. The van der Waals surface area contributed by atoms with E-state index in [1.165, 1.54) is 0 Å². The predicted octanol–water partition coefficient (Wildman–Crippen LogP) is 2.38. The second-order valence-electron chi connectivity index (χ2n) is 3.96. The van der Waals surface area contributed by atoms with Gasteiger partial charge in [0.05, 0.1) is 5.69 Å². The van der Waals surface area contributed by atoms with Crippen LogP contribution in [0.15, 0.2) is 53.4 Å². The van der Waals surface area contributed by atoms with E-state index in [9.17, 15) is 8.42 Å². The molecule has 2 aromatic carbocycles. The lowest BCUT2D eigenvalue weighted by Gasteiger charge is -2.12. The first kappa shape index (κ1) is 12.4. The van der Waals surface area contributed by atoms with Crippen LogP contribution >= 0.6 is 0 Å². The molecule has 0 saturated heterocycles. The van der Waals surface area contributed by atoms with Crippen molar-refractivity contribution in [2.24, 2.45) is 0 Å². The van der Waals surface area contributed by atoms with Crippen molar-refractivity contribution in [1.29, 1.82) is 0 Å². The van der Waals surface area contributed by atoms with Crippen LogP contribution in [-0.2, 0) is 10.0 Å². The maximum absolute atomic E-state index is 12.3. The second-order valence-corrected chi connectivity index (χ2v) is 5.58. The van der Waals surface area contributed by atoms with Gasteiger partial charge in [-0.2, -0.15) is 0 Å². The molecule has 3 N–H and O–H groups in total. The number of hydrogen-bond donors (Lipinski definition) is 2. The first-order chi connectivity index (χ1) is 8.50. The molecule has 0 radical (unpaired) electrons. The summed E-state index contributed by atoms with van der Waals surface area (Å²) in [5.41, 5.74) is 7.13. The molecule has 0 unspecified atom stereocenters. The molecule has 0 atom stereocenters. The Hall–Kier alpha value is -2.01. The SMILES string of the molecule is Cc1cccc(N)c1S(=O)(=O)Nc1ccccc1. The van der Waals surface area contributed by atoms with E-state index < -0.39 is 10.0 Å². The number of hydrogen-bond acceptors (Lipinski definition) is 3. The van der Waals surface area contributed by atoms with E-state index in [1.54, 1.807) is 49.4 Å². The van der Waals surface area contributed by atoms with Crippen molar-refractivity contribution < 1.29 is 8.42 Å². The van der Waals surface area contributed by atoms with Gasteiger partial charge in [0.1, 0.15) is 4.90 Å². The molecule has 4 nitrogen and oxygen atoms in total. The zero-order valence-corrected chi connectivity index (χ0v) is 10.7. The van der Waals surface area contributed by atoms with Crippen molar-refractivity contribution in [1.82, 2.24) is 0 Å². The lowest BCUT2D eigenvalue weighted by Crippen LogP contribution is -2.16. The van der Waals surface area contributed by atoms with Crippen molar-refractivity contribution in [2.75, 3.05) is 10.5 Å². The van der Waals surface area contributed by atoms with Crippen LogP contribution in [0.1, 0.15) is 5.56 Å². The zero-order valence-electron chi connectivity index (χ0n) is 9.92. The molecule has 0 bridgehead atoms. The van der Waals surface area contributed by atoms with E-state index in [4.69, 9.17) is 5.73 Å². The summed E-state index contributed by atoms with van der Waals surface area (Å²) >= 11 is 0. The summed E-state index contributed by atoms with van der Waals surface area (Å²) in [5, 5.41) is 0. The van der Waals surface area contributed by atoms with E-state index in [0.29, 0.717) is 11.3 Å². The fourth-order valence-electron chi connectivity index (χ4n) is 1.75. The molecule has 0 saturated carbocycles. The monoisotopic (exact) mass is 262 g/mol. The van der Waals surface area contributed by atoms with Crippen LogP contribution in [0.5, 0.6) is 0 Å². The normalized spacial score (nSPS) is 11.2. The number of rotatable bonds is 3. The third-order valence-electron chi connectivity index (χ3n) is 2.54. The van der Waals surface area contributed by atoms with Gasteiger partial charge in [-0.3, -0.25) is 4.72 Å². The molecule has 2 rings (SSSR count). The molecule has 0 spiro atoms. The van der Waals surface area contributed by atoms with Crippen LogP contribution in [0, 0.1) is 6.92 Å². The number of nitrogens with one attached hydrogen (secondary N) is 1. The Morgan fingerprint density at radius 1 is 1.00 bits per heavy atom. The van der Waals surface area contributed by atoms with E-state index in [2.05, 4.69) is 4.72 Å². The van der Waals surface area contributed by atoms with Gasteiger partial charge in [-0.1, -0.05) is 30.3 Å². The first-order valence-corrected chi connectivity index (χ1v) is 6.92. The smallest absolute Gasteiger partial charge is 0.264 e. The summed E-state index contributed by atoms with van der Waals surface area (Å²) in [4.78, 5) is 0.133. The van der Waals surface area contributed by atoms with Gasteiger partial charge in [-0.15, -0.1) is 0 Å². The molecule has 0 aliphatic rings. The lowest BCUT2D eigenvalue weighted by atomic mass is 10.2. The van der Waals surface area contributed by atoms with Gasteiger partial charge in [0, 0.05) is 5.69 Å². The van der Waals surface area contributed by atoms with Crippen LogP contribution in [0.25, 0.3) is 0 Å². The van der Waals surface area contributed by atoms with Crippen molar-refractivity contribution in [3.63, 3.8) is 0 Å². The Labute approximate surface area is 107 Å². The van der Waals surface area contributed by atoms with Gasteiger partial charge >= 0.3 is 0 Å². The third kappa shape index (κ3) is 2.46. The Balaban J connectivity index is 2.44. The molecule has 0 aliphatic carbocycles. The highest BCUT2D eigenvalue weighted by Gasteiger charge is 2.19. The van der Waals surface area contributed by atoms with Gasteiger partial charge < -0.3 is 5.73 Å². The lowest BCUT2D eigenvalue weighted by molar-refractivity contribution is 0.601. The topological polar surface area (TPSA) is 72.2 Å². The highest BCUT2D eigenvalue weighted by Crippen LogP contribution is 2.24. The van der Waals surface area contributed by atoms with Gasteiger partial charge in [0.25, 0.3) is 10.0 Å². The molecule has 0 aliphatic heterocycles. The number of para-hydroxylation sites is 1. The molecule has 5 heteroatoms. The number of aryl methyl sites for hydroxylation is 1. The molecule has 0 fully saturated rings. The summed E-state index contributed by atoms with van der Waals surface area (Å²) in [6.45, 7) is 1.72. The van der Waals surface area contributed by atoms with E-state index >= 15 is 0 Å². The van der Waals surface area contributed by atoms with Gasteiger partial charge in [-0.25, -0.2) is 8.42 Å². The van der Waals surface area contributed by atoms with E-state index in [0.717, 1.165) is 0 Å². The first-order valence-electron chi connectivity index (χ1n) is 5.43. The van der Waals surface area contributed by atoms with Crippen molar-refractivity contribution >= 4 is 21.4 Å². The molecule has 2 aromatic rings. The molecule has 0 heterocycles. The number of benzene rings is 2. The maximum Gasteiger partial charge on any atom is 0.264 e. The van der Waals surface area contributed by atoms with Gasteiger partial charge in [-0.05, 0) is 30.7 Å². The average Bonchev–Trinajstić information content (AvgIpc) is 2.28. The Morgan fingerprint density at radius 3 is 2.28 bits per heavy atom. The van der Waals surface area contributed by atoms with E-state index in [1.807, 2.05) is 6.07 Å². The van der Waals surface area contributed by atoms with Gasteiger partial charge in [0.15, 0.2) is 0 Å². The number of nitrogen functional groups attached to an aromatic ring is 1. The summed E-state index contributed by atoms with van der Waals surface area (Å²) in [7, 11) is -3.65. The van der Waals surface area contributed by atoms with Gasteiger partial charge in [0.2, 0.25) is 0 Å². The van der Waals surface area contributed by atoms with E-state index in [-0.39, 0.29) is 10.6 Å². The minimum absolute atomic E-state index is 0.133.